The fourth-order valence-electron chi connectivity index (χ4n) is 3.06. The van der Waals surface area contributed by atoms with Crippen LogP contribution in [0.3, 0.4) is 0 Å². The molecule has 0 aromatic heterocycles. The summed E-state index contributed by atoms with van der Waals surface area (Å²) >= 11 is 0. The normalized spacial score (nSPS) is 20.3. The van der Waals surface area contributed by atoms with Crippen molar-refractivity contribution in [2.45, 2.75) is 70.6 Å². The summed E-state index contributed by atoms with van der Waals surface area (Å²) < 4.78 is 0. The molecule has 0 radical (unpaired) electrons. The van der Waals surface area contributed by atoms with Crippen LogP contribution in [0.5, 0.6) is 0 Å². The maximum Gasteiger partial charge on any atom is 0.325 e. The van der Waals surface area contributed by atoms with Gasteiger partial charge in [-0.15, -0.1) is 0 Å². The van der Waals surface area contributed by atoms with Crippen LogP contribution in [-0.2, 0) is 24.0 Å². The van der Waals surface area contributed by atoms with E-state index in [0.29, 0.717) is 19.3 Å². The molecule has 7 N–H and O–H groups in total. The summed E-state index contributed by atoms with van der Waals surface area (Å²) in [7, 11) is 0. The number of likely N-dealkylation sites (tertiary alicyclic amines) is 1. The summed E-state index contributed by atoms with van der Waals surface area (Å²) in [4.78, 5) is 61.4. The molecule has 0 saturated carbocycles. The summed E-state index contributed by atoms with van der Waals surface area (Å²) in [5, 5.41) is 13.8. The van der Waals surface area contributed by atoms with E-state index in [-0.39, 0.29) is 12.5 Å². The second kappa shape index (κ2) is 10.7. The van der Waals surface area contributed by atoms with Gasteiger partial charge in [-0.3, -0.25) is 24.0 Å². The highest BCUT2D eigenvalue weighted by Crippen LogP contribution is 2.20. The Morgan fingerprint density at radius 3 is 2.31 bits per heavy atom. The number of carboxylic acids is 1. The van der Waals surface area contributed by atoms with Crippen molar-refractivity contribution in [3.8, 4) is 0 Å². The molecule has 1 fully saturated rings. The maximum absolute atomic E-state index is 13.0. The Morgan fingerprint density at radius 1 is 1.17 bits per heavy atom. The predicted octanol–water partition coefficient (Wildman–Crippen LogP) is -1.70. The van der Waals surface area contributed by atoms with Crippen LogP contribution in [0.1, 0.15) is 46.5 Å². The number of hydrogen-bond donors (Lipinski definition) is 5. The van der Waals surface area contributed by atoms with Crippen molar-refractivity contribution >= 4 is 29.6 Å². The molecular formula is C18H31N5O6. The first kappa shape index (κ1) is 24.3. The minimum Gasteiger partial charge on any atom is -0.480 e. The molecule has 29 heavy (non-hydrogen) atoms. The zero-order valence-corrected chi connectivity index (χ0v) is 17.0. The van der Waals surface area contributed by atoms with Gasteiger partial charge in [0.15, 0.2) is 0 Å². The van der Waals surface area contributed by atoms with Gasteiger partial charge in [-0.2, -0.15) is 0 Å². The lowest BCUT2D eigenvalue weighted by Gasteiger charge is -2.29. The molecule has 0 aromatic rings. The van der Waals surface area contributed by atoms with E-state index in [9.17, 15) is 24.0 Å². The molecule has 11 nitrogen and oxygen atoms in total. The first-order valence-electron chi connectivity index (χ1n) is 9.67. The molecule has 11 heteroatoms. The highest BCUT2D eigenvalue weighted by atomic mass is 16.4. The van der Waals surface area contributed by atoms with E-state index in [1.807, 2.05) is 6.92 Å². The van der Waals surface area contributed by atoms with Gasteiger partial charge in [-0.1, -0.05) is 20.3 Å². The van der Waals surface area contributed by atoms with E-state index >= 15 is 0 Å². The highest BCUT2D eigenvalue weighted by molar-refractivity contribution is 5.96. The van der Waals surface area contributed by atoms with Gasteiger partial charge < -0.3 is 32.1 Å². The van der Waals surface area contributed by atoms with Crippen molar-refractivity contribution in [3.63, 3.8) is 0 Å². The molecule has 164 valence electrons. The maximum atomic E-state index is 13.0. The number of nitrogens with one attached hydrogen (secondary N) is 2. The van der Waals surface area contributed by atoms with Gasteiger partial charge in [0.2, 0.25) is 23.6 Å². The van der Waals surface area contributed by atoms with Crippen LogP contribution in [-0.4, -0.2) is 70.3 Å². The Morgan fingerprint density at radius 2 is 1.79 bits per heavy atom. The Balaban J connectivity index is 2.94. The average molecular weight is 413 g/mol. The largest absolute Gasteiger partial charge is 0.480 e. The Bertz CT molecular complexity index is 655. The monoisotopic (exact) mass is 413 g/mol. The molecule has 0 aromatic carbocycles. The summed E-state index contributed by atoms with van der Waals surface area (Å²) in [5.74, 6) is -3.95. The quantitative estimate of drug-likeness (QED) is 0.282. The van der Waals surface area contributed by atoms with E-state index in [2.05, 4.69) is 10.6 Å². The third-order valence-electron chi connectivity index (χ3n) is 5.15. The van der Waals surface area contributed by atoms with Gasteiger partial charge in [0.05, 0.1) is 12.5 Å². The minimum atomic E-state index is -1.25. The number of carboxylic acid groups (broad SMARTS) is 1. The van der Waals surface area contributed by atoms with Crippen molar-refractivity contribution in [2.24, 2.45) is 17.4 Å². The van der Waals surface area contributed by atoms with E-state index < -0.39 is 60.2 Å². The standard InChI is InChI=1S/C18H31N5O6/c1-4-9(2)14(20)16(26)22-11(8-13(19)24)17(27)23-7-5-6-12(23)15(25)21-10(3)18(28)29/h9-12,14H,4-8,20H2,1-3H3,(H2,19,24)(H,21,25)(H,22,26)(H,28,29). The molecule has 0 aliphatic carbocycles. The van der Waals surface area contributed by atoms with Gasteiger partial charge in [0.1, 0.15) is 18.1 Å². The summed E-state index contributed by atoms with van der Waals surface area (Å²) in [5.41, 5.74) is 11.1. The molecule has 1 rings (SSSR count). The molecule has 0 spiro atoms. The van der Waals surface area contributed by atoms with Gasteiger partial charge >= 0.3 is 5.97 Å². The van der Waals surface area contributed by atoms with Crippen molar-refractivity contribution in [1.29, 1.82) is 0 Å². The van der Waals surface area contributed by atoms with Crippen molar-refractivity contribution in [1.82, 2.24) is 15.5 Å². The van der Waals surface area contributed by atoms with E-state index in [1.165, 1.54) is 11.8 Å². The molecule has 4 amide bonds. The molecule has 0 bridgehead atoms. The van der Waals surface area contributed by atoms with Crippen molar-refractivity contribution < 1.29 is 29.1 Å². The van der Waals surface area contributed by atoms with Crippen LogP contribution in [0.25, 0.3) is 0 Å². The molecule has 1 aliphatic heterocycles. The number of nitrogens with zero attached hydrogens (tertiary/aromatic N) is 1. The lowest BCUT2D eigenvalue weighted by molar-refractivity contribution is -0.145. The van der Waals surface area contributed by atoms with Gasteiger partial charge in [0, 0.05) is 6.54 Å². The SMILES string of the molecule is CCC(C)C(N)C(=O)NC(CC(N)=O)C(=O)N1CCCC1C(=O)NC(C)C(=O)O. The molecule has 1 saturated heterocycles. The van der Waals surface area contributed by atoms with Crippen LogP contribution >= 0.6 is 0 Å². The van der Waals surface area contributed by atoms with Crippen LogP contribution in [0.15, 0.2) is 0 Å². The number of primary amides is 1. The lowest BCUT2D eigenvalue weighted by Crippen LogP contribution is -2.57. The summed E-state index contributed by atoms with van der Waals surface area (Å²) in [6, 6.07) is -4.12. The Kier molecular flexibility index (Phi) is 9.02. The molecular weight excluding hydrogens is 382 g/mol. The Hall–Kier alpha value is -2.69. The lowest BCUT2D eigenvalue weighted by atomic mass is 9.99. The van der Waals surface area contributed by atoms with Crippen molar-refractivity contribution in [2.75, 3.05) is 6.54 Å². The van der Waals surface area contributed by atoms with Crippen LogP contribution in [0.4, 0.5) is 0 Å². The predicted molar refractivity (Wildman–Crippen MR) is 103 cm³/mol. The second-order valence-corrected chi connectivity index (χ2v) is 7.40. The Labute approximate surface area is 169 Å². The van der Waals surface area contributed by atoms with E-state index in [0.717, 1.165) is 0 Å². The fourth-order valence-corrected chi connectivity index (χ4v) is 3.06. The molecule has 5 atom stereocenters. The summed E-state index contributed by atoms with van der Waals surface area (Å²) in [6.07, 6.45) is 1.08. The first-order chi connectivity index (χ1) is 13.5. The van der Waals surface area contributed by atoms with Gasteiger partial charge in [0.25, 0.3) is 0 Å². The number of aliphatic carboxylic acids is 1. The third kappa shape index (κ3) is 6.70. The highest BCUT2D eigenvalue weighted by Gasteiger charge is 2.39. The van der Waals surface area contributed by atoms with Gasteiger partial charge in [-0.25, -0.2) is 0 Å². The molecule has 1 aliphatic rings. The number of hydrogen-bond acceptors (Lipinski definition) is 6. The number of rotatable bonds is 10. The number of carbonyl (C=O) groups is 5. The van der Waals surface area contributed by atoms with Crippen molar-refractivity contribution in [3.05, 3.63) is 0 Å². The summed E-state index contributed by atoms with van der Waals surface area (Å²) in [6.45, 7) is 5.21. The van der Waals surface area contributed by atoms with Crippen LogP contribution < -0.4 is 22.1 Å². The van der Waals surface area contributed by atoms with E-state index in [1.54, 1.807) is 6.92 Å². The van der Waals surface area contributed by atoms with Crippen LogP contribution in [0, 0.1) is 5.92 Å². The molecule has 5 unspecified atom stereocenters. The zero-order valence-electron chi connectivity index (χ0n) is 17.0. The smallest absolute Gasteiger partial charge is 0.325 e. The number of amides is 4. The topological polar surface area (TPSA) is 185 Å². The first-order valence-corrected chi connectivity index (χ1v) is 9.67. The zero-order chi connectivity index (χ0) is 22.3. The molecule has 1 heterocycles. The fraction of sp³-hybridized carbons (Fsp3) is 0.722. The van der Waals surface area contributed by atoms with Gasteiger partial charge in [-0.05, 0) is 25.7 Å². The van der Waals surface area contributed by atoms with E-state index in [4.69, 9.17) is 16.6 Å². The second-order valence-electron chi connectivity index (χ2n) is 7.40. The number of nitrogens with two attached hydrogens (primary N) is 2. The number of carbonyl (C=O) groups excluding carboxylic acids is 4. The van der Waals surface area contributed by atoms with Crippen LogP contribution in [0.2, 0.25) is 0 Å². The minimum absolute atomic E-state index is 0.137. The third-order valence-corrected chi connectivity index (χ3v) is 5.15. The average Bonchev–Trinajstić information content (AvgIpc) is 3.14.